The largest absolute Gasteiger partial charge is 0.264 e. The lowest BCUT2D eigenvalue weighted by Crippen LogP contribution is -2.00. The molecule has 3 rings (SSSR count). The molecular weight excluding hydrogens is 326 g/mol. The Hall–Kier alpha value is -2.67. The summed E-state index contributed by atoms with van der Waals surface area (Å²) in [6.45, 7) is 8.79. The molecule has 1 heteroatoms. The minimum Gasteiger partial charge on any atom is -0.264 e. The highest BCUT2D eigenvalue weighted by Crippen LogP contribution is 2.27. The van der Waals surface area contributed by atoms with Crippen molar-refractivity contribution in [2.24, 2.45) is 5.92 Å². The van der Waals surface area contributed by atoms with E-state index in [1.54, 1.807) is 0 Å². The van der Waals surface area contributed by atoms with Gasteiger partial charge in [0.15, 0.2) is 0 Å². The normalized spacial score (nSPS) is 14.9. The minimum atomic E-state index is 0.605. The molecule has 0 amide bonds. The van der Waals surface area contributed by atoms with Crippen LogP contribution in [0.4, 0.5) is 0 Å². The Bertz CT molecular complexity index is 868. The van der Waals surface area contributed by atoms with Crippen molar-refractivity contribution in [3.63, 3.8) is 0 Å². The lowest BCUT2D eigenvalue weighted by Gasteiger charge is -2.14. The second kappa shape index (κ2) is 9.32. The summed E-state index contributed by atoms with van der Waals surface area (Å²) < 4.78 is 0. The van der Waals surface area contributed by atoms with E-state index < -0.39 is 0 Å². The summed E-state index contributed by atoms with van der Waals surface area (Å²) in [5.74, 6) is 0.605. The molecule has 0 saturated heterocycles. The fourth-order valence-electron chi connectivity index (χ4n) is 3.54. The third-order valence-corrected chi connectivity index (χ3v) is 5.10. The molecule has 1 heterocycles. The Morgan fingerprint density at radius 1 is 1.15 bits per heavy atom. The van der Waals surface area contributed by atoms with Crippen LogP contribution >= 0.6 is 0 Å². The Balaban J connectivity index is 1.58. The van der Waals surface area contributed by atoms with Crippen molar-refractivity contribution in [2.45, 2.75) is 39.5 Å². The maximum absolute atomic E-state index is 4.37. The number of aromatic nitrogens is 1. The number of hydrogen-bond donors (Lipinski definition) is 0. The van der Waals surface area contributed by atoms with Crippen molar-refractivity contribution in [1.29, 1.82) is 0 Å². The van der Waals surface area contributed by atoms with E-state index in [0.29, 0.717) is 5.92 Å². The average molecular weight is 356 g/mol. The molecule has 27 heavy (non-hydrogen) atoms. The summed E-state index contributed by atoms with van der Waals surface area (Å²) in [4.78, 5) is 4.30. The van der Waals surface area contributed by atoms with Crippen molar-refractivity contribution < 1.29 is 0 Å². The average Bonchev–Trinajstić information content (AvgIpc) is 2.93. The predicted molar refractivity (Wildman–Crippen MR) is 116 cm³/mol. The number of rotatable bonds is 7. The third kappa shape index (κ3) is 5.65. The highest BCUT2D eigenvalue weighted by atomic mass is 14.6. The van der Waals surface area contributed by atoms with Crippen LogP contribution in [0.15, 0.2) is 90.8 Å². The van der Waals surface area contributed by atoms with E-state index in [4.69, 9.17) is 0 Å². The van der Waals surface area contributed by atoms with Gasteiger partial charge in [-0.15, -0.1) is 0 Å². The molecule has 2 aromatic rings. The Kier molecular flexibility index (Phi) is 6.59. The molecule has 0 aliphatic heterocycles. The quantitative estimate of drug-likeness (QED) is 0.528. The van der Waals surface area contributed by atoms with Crippen LogP contribution in [0.25, 0.3) is 5.57 Å². The van der Waals surface area contributed by atoms with E-state index in [1.165, 1.54) is 33.4 Å². The second-order valence-corrected chi connectivity index (χ2v) is 7.61. The number of allylic oxidation sites excluding steroid dienone is 7. The van der Waals surface area contributed by atoms with Crippen LogP contribution < -0.4 is 0 Å². The van der Waals surface area contributed by atoms with Gasteiger partial charge in [0.2, 0.25) is 0 Å². The molecule has 0 bridgehead atoms. The summed E-state index contributed by atoms with van der Waals surface area (Å²) in [7, 11) is 0. The van der Waals surface area contributed by atoms with E-state index in [0.717, 1.165) is 25.7 Å². The maximum Gasteiger partial charge on any atom is 0.0300 e. The molecule has 1 aliphatic carbocycles. The van der Waals surface area contributed by atoms with Crippen LogP contribution in [0.2, 0.25) is 0 Å². The van der Waals surface area contributed by atoms with Gasteiger partial charge >= 0.3 is 0 Å². The highest BCUT2D eigenvalue weighted by molar-refractivity contribution is 5.70. The Morgan fingerprint density at radius 2 is 1.96 bits per heavy atom. The zero-order valence-corrected chi connectivity index (χ0v) is 16.5. The van der Waals surface area contributed by atoms with Crippen LogP contribution in [-0.4, -0.2) is 4.98 Å². The number of benzene rings is 1. The van der Waals surface area contributed by atoms with Gasteiger partial charge < -0.3 is 0 Å². The van der Waals surface area contributed by atoms with Crippen LogP contribution in [0, 0.1) is 12.8 Å². The molecule has 0 fully saturated rings. The standard InChI is InChI=1S/C26H29N/c1-20(12-13-23-17-21(2)18-27-19-23)16-22(3)24-10-7-11-26(15-14-24)25-8-5-4-6-9-25/h4-10,14-15,17-20H,3,11-13,16H2,1-2H3. The summed E-state index contributed by atoms with van der Waals surface area (Å²) in [5.41, 5.74) is 7.70. The third-order valence-electron chi connectivity index (χ3n) is 5.10. The molecule has 0 radical (unpaired) electrons. The number of aryl methyl sites for hydroxylation is 2. The van der Waals surface area contributed by atoms with Crippen molar-refractivity contribution in [1.82, 2.24) is 4.98 Å². The molecule has 0 saturated carbocycles. The van der Waals surface area contributed by atoms with Crippen LogP contribution in [0.3, 0.4) is 0 Å². The van der Waals surface area contributed by atoms with Crippen LogP contribution in [0.1, 0.15) is 42.9 Å². The van der Waals surface area contributed by atoms with Crippen molar-refractivity contribution in [2.75, 3.05) is 0 Å². The van der Waals surface area contributed by atoms with E-state index >= 15 is 0 Å². The Labute approximate surface area is 163 Å². The van der Waals surface area contributed by atoms with Gasteiger partial charge in [0, 0.05) is 12.4 Å². The molecule has 1 aliphatic rings. The van der Waals surface area contributed by atoms with Crippen LogP contribution in [0.5, 0.6) is 0 Å². The van der Waals surface area contributed by atoms with E-state index in [2.05, 4.69) is 86.1 Å². The van der Waals surface area contributed by atoms with Crippen molar-refractivity contribution in [3.8, 4) is 0 Å². The van der Waals surface area contributed by atoms with Gasteiger partial charge in [-0.25, -0.2) is 0 Å². The monoisotopic (exact) mass is 355 g/mol. The molecule has 1 atom stereocenters. The van der Waals surface area contributed by atoms with E-state index in [9.17, 15) is 0 Å². The van der Waals surface area contributed by atoms with Gasteiger partial charge in [0.05, 0.1) is 0 Å². The Morgan fingerprint density at radius 3 is 2.74 bits per heavy atom. The van der Waals surface area contributed by atoms with E-state index in [-0.39, 0.29) is 0 Å². The highest BCUT2D eigenvalue weighted by Gasteiger charge is 2.09. The molecule has 1 unspecified atom stereocenters. The SMILES string of the molecule is C=C(CC(C)CCc1cncc(C)c1)C1=CC=C(c2ccccc2)CC=C1. The van der Waals surface area contributed by atoms with Gasteiger partial charge in [0.25, 0.3) is 0 Å². The first kappa shape index (κ1) is 19.1. The second-order valence-electron chi connectivity index (χ2n) is 7.61. The molecule has 0 N–H and O–H groups in total. The molecule has 1 nitrogen and oxygen atoms in total. The summed E-state index contributed by atoms with van der Waals surface area (Å²) in [6.07, 6.45) is 17.1. The zero-order valence-electron chi connectivity index (χ0n) is 16.5. The summed E-state index contributed by atoms with van der Waals surface area (Å²) >= 11 is 0. The smallest absolute Gasteiger partial charge is 0.0300 e. The lowest BCUT2D eigenvalue weighted by molar-refractivity contribution is 0.531. The number of pyridine rings is 1. The minimum absolute atomic E-state index is 0.605. The zero-order chi connectivity index (χ0) is 19.1. The fourth-order valence-corrected chi connectivity index (χ4v) is 3.54. The first-order valence-corrected chi connectivity index (χ1v) is 9.83. The first-order chi connectivity index (χ1) is 13.1. The summed E-state index contributed by atoms with van der Waals surface area (Å²) in [5, 5.41) is 0. The number of nitrogens with zero attached hydrogens (tertiary/aromatic N) is 1. The molecule has 0 spiro atoms. The van der Waals surface area contributed by atoms with Crippen molar-refractivity contribution >= 4 is 5.57 Å². The molecule has 1 aromatic heterocycles. The topological polar surface area (TPSA) is 12.9 Å². The molecule has 138 valence electrons. The predicted octanol–water partition coefficient (Wildman–Crippen LogP) is 6.87. The lowest BCUT2D eigenvalue weighted by atomic mass is 9.91. The summed E-state index contributed by atoms with van der Waals surface area (Å²) in [6, 6.07) is 12.8. The van der Waals surface area contributed by atoms with Gasteiger partial charge in [0.1, 0.15) is 0 Å². The van der Waals surface area contributed by atoms with E-state index in [1.807, 2.05) is 12.4 Å². The first-order valence-electron chi connectivity index (χ1n) is 9.83. The van der Waals surface area contributed by atoms with Gasteiger partial charge in [-0.1, -0.05) is 74.2 Å². The fraction of sp³-hybridized carbons (Fsp3) is 0.269. The molecular formula is C26H29N. The maximum atomic E-state index is 4.37. The van der Waals surface area contributed by atoms with Crippen molar-refractivity contribution in [3.05, 3.63) is 108 Å². The van der Waals surface area contributed by atoms with Gasteiger partial charge in [-0.2, -0.15) is 0 Å². The molecule has 1 aromatic carbocycles. The van der Waals surface area contributed by atoms with Gasteiger partial charge in [-0.3, -0.25) is 4.98 Å². The van der Waals surface area contributed by atoms with Gasteiger partial charge in [-0.05, 0) is 71.9 Å². The number of hydrogen-bond acceptors (Lipinski definition) is 1. The van der Waals surface area contributed by atoms with Crippen LogP contribution in [-0.2, 0) is 6.42 Å².